The van der Waals surface area contributed by atoms with Gasteiger partial charge in [-0.15, -0.1) is 0 Å². The third-order valence-electron chi connectivity index (χ3n) is 4.68. The van der Waals surface area contributed by atoms with E-state index in [9.17, 15) is 9.90 Å². The van der Waals surface area contributed by atoms with Gasteiger partial charge in [0.15, 0.2) is 0 Å². The summed E-state index contributed by atoms with van der Waals surface area (Å²) >= 11 is 0. The van der Waals surface area contributed by atoms with Gasteiger partial charge in [0.1, 0.15) is 11.9 Å². The maximum Gasteiger partial charge on any atom is 0.254 e. The smallest absolute Gasteiger partial charge is 0.254 e. The highest BCUT2D eigenvalue weighted by Crippen LogP contribution is 2.28. The van der Waals surface area contributed by atoms with Crippen LogP contribution in [0.1, 0.15) is 44.1 Å². The minimum absolute atomic E-state index is 0.459. The predicted molar refractivity (Wildman–Crippen MR) is 91.5 cm³/mol. The van der Waals surface area contributed by atoms with Crippen molar-refractivity contribution in [3.05, 3.63) is 23.8 Å². The molecule has 5 nitrogen and oxygen atoms in total. The van der Waals surface area contributed by atoms with Crippen molar-refractivity contribution in [1.82, 2.24) is 0 Å². The van der Waals surface area contributed by atoms with Crippen LogP contribution in [0.3, 0.4) is 0 Å². The number of aliphatic hydroxyl groups excluding tert-OH is 1. The summed E-state index contributed by atoms with van der Waals surface area (Å²) in [7, 11) is 1.59. The summed E-state index contributed by atoms with van der Waals surface area (Å²) < 4.78 is 5.24. The molecule has 1 aromatic carbocycles. The first-order valence-corrected chi connectivity index (χ1v) is 8.40. The van der Waals surface area contributed by atoms with E-state index in [-0.39, 0.29) is 0 Å². The molecule has 23 heavy (non-hydrogen) atoms. The van der Waals surface area contributed by atoms with E-state index in [1.807, 2.05) is 13.0 Å². The molecule has 4 N–H and O–H groups in total. The molecular formula is C18H28N2O3. The summed E-state index contributed by atoms with van der Waals surface area (Å²) in [6.07, 6.45) is 5.54. The van der Waals surface area contributed by atoms with Crippen LogP contribution in [-0.2, 0) is 4.79 Å². The average molecular weight is 320 g/mol. The molecule has 2 atom stereocenters. The standard InChI is InChI=1S/C18H28N2O3/c1-12-8-9-14(11-16(12)23-2)20-18(22)17(21)15(19)10-13-6-4-3-5-7-13/h8-9,11,13,15,17,21H,3-7,10,19H2,1-2H3,(H,20,22)/t15-,17?/m1/s1. The highest BCUT2D eigenvalue weighted by Gasteiger charge is 2.26. The molecule has 1 amide bonds. The maximum absolute atomic E-state index is 12.2. The molecule has 1 aliphatic carbocycles. The Morgan fingerprint density at radius 1 is 1.39 bits per heavy atom. The Kier molecular flexibility index (Phi) is 6.42. The van der Waals surface area contributed by atoms with Crippen LogP contribution in [0.25, 0.3) is 0 Å². The molecule has 1 fully saturated rings. The lowest BCUT2D eigenvalue weighted by Gasteiger charge is -2.26. The first-order valence-electron chi connectivity index (χ1n) is 8.40. The van der Waals surface area contributed by atoms with Crippen molar-refractivity contribution in [2.24, 2.45) is 11.7 Å². The molecule has 0 radical (unpaired) electrons. The van der Waals surface area contributed by atoms with E-state index in [1.165, 1.54) is 19.3 Å². The predicted octanol–water partition coefficient (Wildman–Crippen LogP) is 2.60. The molecule has 0 bridgehead atoms. The third kappa shape index (κ3) is 4.94. The van der Waals surface area contributed by atoms with E-state index < -0.39 is 18.1 Å². The lowest BCUT2D eigenvalue weighted by molar-refractivity contribution is -0.125. The minimum atomic E-state index is -1.19. The number of rotatable bonds is 6. The molecule has 5 heteroatoms. The molecule has 0 aromatic heterocycles. The Morgan fingerprint density at radius 3 is 2.74 bits per heavy atom. The lowest BCUT2D eigenvalue weighted by Crippen LogP contribution is -2.44. The number of methoxy groups -OCH3 is 1. The molecule has 0 heterocycles. The summed E-state index contributed by atoms with van der Waals surface area (Å²) in [4.78, 5) is 12.2. The lowest BCUT2D eigenvalue weighted by atomic mass is 9.84. The van der Waals surface area contributed by atoms with Gasteiger partial charge in [0, 0.05) is 17.8 Å². The molecule has 0 aliphatic heterocycles. The molecule has 128 valence electrons. The quantitative estimate of drug-likeness (QED) is 0.752. The van der Waals surface area contributed by atoms with Crippen LogP contribution in [0.2, 0.25) is 0 Å². The molecule has 1 aromatic rings. The highest BCUT2D eigenvalue weighted by atomic mass is 16.5. The van der Waals surface area contributed by atoms with Crippen molar-refractivity contribution in [2.45, 2.75) is 57.6 Å². The van der Waals surface area contributed by atoms with Crippen molar-refractivity contribution >= 4 is 11.6 Å². The summed E-state index contributed by atoms with van der Waals surface area (Å²) in [6, 6.07) is 4.87. The number of hydrogen-bond donors (Lipinski definition) is 3. The van der Waals surface area contributed by atoms with Crippen LogP contribution in [0, 0.1) is 12.8 Å². The SMILES string of the molecule is COc1cc(NC(=O)C(O)[C@H](N)CC2CCCCC2)ccc1C. The van der Waals surface area contributed by atoms with Crippen molar-refractivity contribution in [3.63, 3.8) is 0 Å². The van der Waals surface area contributed by atoms with Crippen LogP contribution >= 0.6 is 0 Å². The Morgan fingerprint density at radius 2 is 2.09 bits per heavy atom. The molecule has 1 saturated carbocycles. The van der Waals surface area contributed by atoms with Crippen molar-refractivity contribution in [3.8, 4) is 5.75 Å². The number of ether oxygens (including phenoxy) is 1. The van der Waals surface area contributed by atoms with E-state index in [1.54, 1.807) is 19.2 Å². The van der Waals surface area contributed by atoms with Crippen molar-refractivity contribution in [1.29, 1.82) is 0 Å². The topological polar surface area (TPSA) is 84.6 Å². The Balaban J connectivity index is 1.90. The molecule has 0 saturated heterocycles. The zero-order chi connectivity index (χ0) is 16.8. The normalized spacial score (nSPS) is 18.3. The first-order chi connectivity index (χ1) is 11.0. The minimum Gasteiger partial charge on any atom is -0.496 e. The second-order valence-electron chi connectivity index (χ2n) is 6.52. The number of aliphatic hydroxyl groups is 1. The zero-order valence-corrected chi connectivity index (χ0v) is 14.0. The van der Waals surface area contributed by atoms with Gasteiger partial charge < -0.3 is 20.9 Å². The van der Waals surface area contributed by atoms with E-state index in [4.69, 9.17) is 10.5 Å². The van der Waals surface area contributed by atoms with Crippen LogP contribution in [0.4, 0.5) is 5.69 Å². The van der Waals surface area contributed by atoms with Gasteiger partial charge in [-0.25, -0.2) is 0 Å². The zero-order valence-electron chi connectivity index (χ0n) is 14.0. The highest BCUT2D eigenvalue weighted by molar-refractivity contribution is 5.94. The van der Waals surface area contributed by atoms with Crippen LogP contribution < -0.4 is 15.8 Å². The van der Waals surface area contributed by atoms with Gasteiger partial charge in [0.25, 0.3) is 5.91 Å². The maximum atomic E-state index is 12.2. The molecule has 0 spiro atoms. The van der Waals surface area contributed by atoms with Gasteiger partial charge in [0.05, 0.1) is 7.11 Å². The summed E-state index contributed by atoms with van der Waals surface area (Å²) in [5, 5.41) is 12.9. The Bertz CT molecular complexity index is 527. The summed E-state index contributed by atoms with van der Waals surface area (Å²) in [5.74, 6) is 0.767. The van der Waals surface area contributed by atoms with E-state index in [0.29, 0.717) is 23.8 Å². The van der Waals surface area contributed by atoms with Gasteiger partial charge in [0.2, 0.25) is 0 Å². The monoisotopic (exact) mass is 320 g/mol. The van der Waals surface area contributed by atoms with Gasteiger partial charge in [-0.2, -0.15) is 0 Å². The summed E-state index contributed by atoms with van der Waals surface area (Å²) in [5.41, 5.74) is 7.63. The van der Waals surface area contributed by atoms with Crippen LogP contribution in [0.5, 0.6) is 5.75 Å². The molecule has 1 aliphatic rings. The van der Waals surface area contributed by atoms with E-state index in [0.717, 1.165) is 18.4 Å². The van der Waals surface area contributed by atoms with Crippen molar-refractivity contribution < 1.29 is 14.6 Å². The number of benzene rings is 1. The number of hydrogen-bond acceptors (Lipinski definition) is 4. The number of amides is 1. The Hall–Kier alpha value is -1.59. The fourth-order valence-corrected chi connectivity index (χ4v) is 3.25. The van der Waals surface area contributed by atoms with Gasteiger partial charge in [-0.3, -0.25) is 4.79 Å². The molecule has 2 rings (SSSR count). The largest absolute Gasteiger partial charge is 0.496 e. The fraction of sp³-hybridized carbons (Fsp3) is 0.611. The average Bonchev–Trinajstić information content (AvgIpc) is 2.56. The molecular weight excluding hydrogens is 292 g/mol. The fourth-order valence-electron chi connectivity index (χ4n) is 3.25. The van der Waals surface area contributed by atoms with E-state index >= 15 is 0 Å². The number of carbonyl (C=O) groups excluding carboxylic acids is 1. The van der Waals surface area contributed by atoms with Gasteiger partial charge in [-0.1, -0.05) is 38.2 Å². The summed E-state index contributed by atoms with van der Waals surface area (Å²) in [6.45, 7) is 1.93. The van der Waals surface area contributed by atoms with Gasteiger partial charge in [-0.05, 0) is 30.9 Å². The third-order valence-corrected chi connectivity index (χ3v) is 4.68. The molecule has 1 unspecified atom stereocenters. The first kappa shape index (κ1) is 17.8. The van der Waals surface area contributed by atoms with Crippen LogP contribution in [-0.4, -0.2) is 30.3 Å². The van der Waals surface area contributed by atoms with Gasteiger partial charge >= 0.3 is 0 Å². The second-order valence-corrected chi connectivity index (χ2v) is 6.52. The van der Waals surface area contributed by atoms with Crippen LogP contribution in [0.15, 0.2) is 18.2 Å². The number of carbonyl (C=O) groups is 1. The Labute approximate surface area is 138 Å². The number of nitrogens with one attached hydrogen (secondary N) is 1. The number of anilines is 1. The number of nitrogens with two attached hydrogens (primary N) is 1. The number of aryl methyl sites for hydroxylation is 1. The van der Waals surface area contributed by atoms with Crippen molar-refractivity contribution in [2.75, 3.05) is 12.4 Å². The van der Waals surface area contributed by atoms with E-state index in [2.05, 4.69) is 5.32 Å². The second kappa shape index (κ2) is 8.31.